The molecule has 1 aromatic carbocycles. The Balaban J connectivity index is 2.08. The van der Waals surface area contributed by atoms with Crippen LogP contribution in [-0.4, -0.2) is 14.5 Å². The highest BCUT2D eigenvalue weighted by molar-refractivity contribution is 7.10. The minimum Gasteiger partial charge on any atom is -0.389 e. The number of hydrogen-bond acceptors (Lipinski definition) is 6. The topological polar surface area (TPSA) is 77.8 Å². The van der Waals surface area contributed by atoms with Crippen molar-refractivity contribution in [2.75, 3.05) is 5.73 Å². The summed E-state index contributed by atoms with van der Waals surface area (Å²) in [6.45, 7) is 1.85. The van der Waals surface area contributed by atoms with E-state index in [0.717, 1.165) is 11.3 Å². The fourth-order valence-corrected chi connectivity index (χ4v) is 2.60. The van der Waals surface area contributed by atoms with Gasteiger partial charge in [-0.2, -0.15) is 9.36 Å². The van der Waals surface area contributed by atoms with Gasteiger partial charge in [0.15, 0.2) is 0 Å². The molecule has 3 aromatic rings. The van der Waals surface area contributed by atoms with E-state index in [0.29, 0.717) is 27.3 Å². The molecule has 0 bridgehead atoms. The fraction of sp³-hybridized carbons (Fsp3) is 0.0833. The van der Waals surface area contributed by atoms with Gasteiger partial charge in [-0.05, 0) is 30.6 Å². The molecule has 5 nitrogen and oxygen atoms in total. The van der Waals surface area contributed by atoms with E-state index in [-0.39, 0.29) is 0 Å². The van der Waals surface area contributed by atoms with Crippen LogP contribution >= 0.6 is 23.1 Å². The van der Waals surface area contributed by atoms with Crippen molar-refractivity contribution < 1.29 is 4.52 Å². The average Bonchev–Trinajstić information content (AvgIpc) is 2.97. The molecule has 0 aliphatic rings. The van der Waals surface area contributed by atoms with Gasteiger partial charge in [-0.1, -0.05) is 28.9 Å². The van der Waals surface area contributed by atoms with Crippen molar-refractivity contribution in [1.82, 2.24) is 14.5 Å². The third-order valence-corrected chi connectivity index (χ3v) is 3.74. The highest BCUT2D eigenvalue weighted by atomic mass is 35.5. The molecule has 19 heavy (non-hydrogen) atoms. The van der Waals surface area contributed by atoms with Crippen LogP contribution in [0.1, 0.15) is 5.69 Å². The number of nitrogen functional groups attached to an aromatic ring is 1. The number of benzene rings is 1. The largest absolute Gasteiger partial charge is 0.389 e. The zero-order valence-corrected chi connectivity index (χ0v) is 11.5. The van der Waals surface area contributed by atoms with Crippen LogP contribution in [0.2, 0.25) is 5.02 Å². The zero-order valence-electron chi connectivity index (χ0n) is 9.92. The Labute approximate surface area is 118 Å². The van der Waals surface area contributed by atoms with E-state index < -0.39 is 0 Å². The summed E-state index contributed by atoms with van der Waals surface area (Å²) in [4.78, 5) is 4.33. The third kappa shape index (κ3) is 2.09. The van der Waals surface area contributed by atoms with Gasteiger partial charge < -0.3 is 10.3 Å². The van der Waals surface area contributed by atoms with Gasteiger partial charge in [0.2, 0.25) is 5.82 Å². The predicted octanol–water partition coefficient (Wildman–Crippen LogP) is 3.40. The maximum absolute atomic E-state index is 6.10. The molecule has 0 atom stereocenters. The smallest absolute Gasteiger partial charge is 0.263 e. The Morgan fingerprint density at radius 2 is 2.11 bits per heavy atom. The summed E-state index contributed by atoms with van der Waals surface area (Å²) in [5.41, 5.74) is 8.04. The monoisotopic (exact) mass is 292 g/mol. The lowest BCUT2D eigenvalue weighted by Crippen LogP contribution is -1.87. The lowest BCUT2D eigenvalue weighted by atomic mass is 10.2. The number of aryl methyl sites for hydroxylation is 1. The maximum Gasteiger partial charge on any atom is 0.263 e. The molecule has 3 rings (SSSR count). The molecule has 0 unspecified atom stereocenters. The summed E-state index contributed by atoms with van der Waals surface area (Å²) in [5, 5.41) is 5.07. The molecule has 0 spiro atoms. The summed E-state index contributed by atoms with van der Waals surface area (Å²) < 4.78 is 9.40. The normalized spacial score (nSPS) is 10.8. The van der Waals surface area contributed by atoms with Crippen LogP contribution in [0, 0.1) is 6.92 Å². The SMILES string of the molecule is Cc1nsc(N)c1-c1nc(-c2ccccc2Cl)no1. The van der Waals surface area contributed by atoms with Crippen molar-refractivity contribution in [2.45, 2.75) is 6.92 Å². The van der Waals surface area contributed by atoms with Gasteiger partial charge in [-0.15, -0.1) is 0 Å². The summed E-state index contributed by atoms with van der Waals surface area (Å²) in [6, 6.07) is 7.32. The van der Waals surface area contributed by atoms with Gasteiger partial charge in [-0.25, -0.2) is 0 Å². The minimum atomic E-state index is 0.360. The Kier molecular flexibility index (Phi) is 2.96. The molecular formula is C12H9ClN4OS. The molecule has 0 amide bonds. The van der Waals surface area contributed by atoms with Crippen molar-refractivity contribution in [3.63, 3.8) is 0 Å². The summed E-state index contributed by atoms with van der Waals surface area (Å²) in [5.74, 6) is 0.796. The van der Waals surface area contributed by atoms with Crippen LogP contribution in [0.4, 0.5) is 5.00 Å². The lowest BCUT2D eigenvalue weighted by molar-refractivity contribution is 0.432. The van der Waals surface area contributed by atoms with Gasteiger partial charge in [0.05, 0.1) is 16.3 Å². The van der Waals surface area contributed by atoms with Gasteiger partial charge in [0.25, 0.3) is 5.89 Å². The van der Waals surface area contributed by atoms with Crippen LogP contribution < -0.4 is 5.73 Å². The molecular weight excluding hydrogens is 284 g/mol. The Morgan fingerprint density at radius 3 is 2.79 bits per heavy atom. The van der Waals surface area contributed by atoms with E-state index in [1.54, 1.807) is 6.07 Å². The number of hydrogen-bond donors (Lipinski definition) is 1. The lowest BCUT2D eigenvalue weighted by Gasteiger charge is -1.96. The number of nitrogens with zero attached hydrogens (tertiary/aromatic N) is 3. The van der Waals surface area contributed by atoms with Gasteiger partial charge >= 0.3 is 0 Å². The highest BCUT2D eigenvalue weighted by Crippen LogP contribution is 2.33. The number of halogens is 1. The summed E-state index contributed by atoms with van der Waals surface area (Å²) in [7, 11) is 0. The second kappa shape index (κ2) is 4.64. The van der Waals surface area contributed by atoms with Crippen molar-refractivity contribution >= 4 is 28.1 Å². The van der Waals surface area contributed by atoms with Crippen molar-refractivity contribution in [3.8, 4) is 22.8 Å². The predicted molar refractivity (Wildman–Crippen MR) is 75.0 cm³/mol. The van der Waals surface area contributed by atoms with E-state index in [4.69, 9.17) is 21.9 Å². The molecule has 2 aromatic heterocycles. The van der Waals surface area contributed by atoms with Gasteiger partial charge in [-0.3, -0.25) is 0 Å². The maximum atomic E-state index is 6.10. The van der Waals surface area contributed by atoms with Crippen LogP contribution in [0.5, 0.6) is 0 Å². The van der Waals surface area contributed by atoms with E-state index in [1.165, 1.54) is 11.5 Å². The van der Waals surface area contributed by atoms with Crippen LogP contribution in [-0.2, 0) is 0 Å². The standard InChI is InChI=1S/C12H9ClN4OS/c1-6-9(10(14)19-17-6)12-15-11(16-18-12)7-4-2-3-5-8(7)13/h2-5H,14H2,1H3. The number of rotatable bonds is 2. The van der Waals surface area contributed by atoms with Crippen LogP contribution in [0.3, 0.4) is 0 Å². The quantitative estimate of drug-likeness (QED) is 0.783. The molecule has 0 radical (unpaired) electrons. The Bertz CT molecular complexity index is 717. The second-order valence-electron chi connectivity index (χ2n) is 3.91. The zero-order chi connectivity index (χ0) is 13.4. The molecule has 2 heterocycles. The Morgan fingerprint density at radius 1 is 1.32 bits per heavy atom. The third-order valence-electron chi connectivity index (χ3n) is 2.64. The van der Waals surface area contributed by atoms with Gasteiger partial charge in [0.1, 0.15) is 5.00 Å². The van der Waals surface area contributed by atoms with Gasteiger partial charge in [0, 0.05) is 5.56 Å². The fourth-order valence-electron chi connectivity index (χ4n) is 1.72. The number of aromatic nitrogens is 3. The van der Waals surface area contributed by atoms with Crippen molar-refractivity contribution in [2.24, 2.45) is 0 Å². The van der Waals surface area contributed by atoms with Crippen LogP contribution in [0.15, 0.2) is 28.8 Å². The first-order chi connectivity index (χ1) is 9.16. The van der Waals surface area contributed by atoms with E-state index in [2.05, 4.69) is 14.5 Å². The summed E-state index contributed by atoms with van der Waals surface area (Å²) >= 11 is 7.31. The van der Waals surface area contributed by atoms with Crippen LogP contribution in [0.25, 0.3) is 22.8 Å². The summed E-state index contributed by atoms with van der Waals surface area (Å²) in [6.07, 6.45) is 0. The molecule has 0 fully saturated rings. The molecule has 0 saturated carbocycles. The molecule has 0 saturated heterocycles. The van der Waals surface area contributed by atoms with E-state index in [1.807, 2.05) is 25.1 Å². The van der Waals surface area contributed by atoms with E-state index >= 15 is 0 Å². The molecule has 2 N–H and O–H groups in total. The molecule has 96 valence electrons. The highest BCUT2D eigenvalue weighted by Gasteiger charge is 2.18. The first-order valence-electron chi connectivity index (χ1n) is 5.47. The van der Waals surface area contributed by atoms with E-state index in [9.17, 15) is 0 Å². The second-order valence-corrected chi connectivity index (χ2v) is 5.12. The Hall–Kier alpha value is -1.92. The number of anilines is 1. The minimum absolute atomic E-state index is 0.360. The average molecular weight is 293 g/mol. The molecule has 7 heteroatoms. The van der Waals surface area contributed by atoms with Crippen molar-refractivity contribution in [1.29, 1.82) is 0 Å². The molecule has 0 aliphatic heterocycles. The molecule has 0 aliphatic carbocycles. The van der Waals surface area contributed by atoms with Crippen molar-refractivity contribution in [3.05, 3.63) is 35.0 Å². The first-order valence-corrected chi connectivity index (χ1v) is 6.62. The number of nitrogens with two attached hydrogens (primary N) is 1. The first kappa shape index (κ1) is 12.1.